The number of hydrogen-bond donors (Lipinski definition) is 3. The maximum absolute atomic E-state index is 12.3. The topological polar surface area (TPSA) is 147 Å². The molecule has 0 spiro atoms. The van der Waals surface area contributed by atoms with E-state index in [1.54, 1.807) is 0 Å². The zero-order valence-electron chi connectivity index (χ0n) is 13.4. The van der Waals surface area contributed by atoms with Crippen LogP contribution < -0.4 is 15.6 Å². The smallest absolute Gasteiger partial charge is 0.276 e. The molecule has 3 aromatic rings. The highest BCUT2D eigenvalue weighted by Crippen LogP contribution is 2.17. The lowest BCUT2D eigenvalue weighted by atomic mass is 10.3. The molecule has 10 nitrogen and oxygen atoms in total. The van der Waals surface area contributed by atoms with Crippen molar-refractivity contribution in [2.75, 3.05) is 10.0 Å². The molecule has 0 aliphatic carbocycles. The zero-order chi connectivity index (χ0) is 19.4. The van der Waals surface area contributed by atoms with E-state index < -0.39 is 21.5 Å². The van der Waals surface area contributed by atoms with Crippen molar-refractivity contribution in [3.8, 4) is 0 Å². The second-order valence-electron chi connectivity index (χ2n) is 5.13. The van der Waals surface area contributed by atoms with Crippen molar-refractivity contribution in [1.82, 2.24) is 20.4 Å². The first-order chi connectivity index (χ1) is 12.8. The van der Waals surface area contributed by atoms with Gasteiger partial charge in [0.15, 0.2) is 11.0 Å². The van der Waals surface area contributed by atoms with E-state index in [1.165, 1.54) is 48.5 Å². The molecule has 2 aromatic heterocycles. The molecule has 0 aliphatic rings. The molecular formula is C15H11ClN6O4S. The number of amides is 1. The van der Waals surface area contributed by atoms with Gasteiger partial charge in [0.25, 0.3) is 21.5 Å². The third-order valence-corrected chi connectivity index (χ3v) is 4.78. The van der Waals surface area contributed by atoms with Crippen LogP contribution >= 0.6 is 11.6 Å². The highest BCUT2D eigenvalue weighted by Gasteiger charge is 2.16. The van der Waals surface area contributed by atoms with Gasteiger partial charge in [0.05, 0.1) is 4.90 Å². The molecule has 0 bridgehead atoms. The fourth-order valence-corrected chi connectivity index (χ4v) is 3.05. The van der Waals surface area contributed by atoms with E-state index in [4.69, 9.17) is 11.6 Å². The Balaban J connectivity index is 1.72. The molecule has 0 fully saturated rings. The van der Waals surface area contributed by atoms with Gasteiger partial charge in [-0.05, 0) is 42.5 Å². The third-order valence-electron chi connectivity index (χ3n) is 3.21. The fraction of sp³-hybridized carbons (Fsp3) is 0. The van der Waals surface area contributed by atoms with Crippen LogP contribution in [-0.4, -0.2) is 34.7 Å². The molecule has 0 radical (unpaired) electrons. The molecule has 0 unspecified atom stereocenters. The molecule has 3 rings (SSSR count). The monoisotopic (exact) mass is 406 g/mol. The quantitative estimate of drug-likeness (QED) is 0.577. The van der Waals surface area contributed by atoms with Gasteiger partial charge in [0.2, 0.25) is 0 Å². The van der Waals surface area contributed by atoms with Crippen molar-refractivity contribution in [2.24, 2.45) is 0 Å². The number of carbonyl (C=O) groups is 1. The van der Waals surface area contributed by atoms with Crippen molar-refractivity contribution in [2.45, 2.75) is 4.90 Å². The van der Waals surface area contributed by atoms with Crippen LogP contribution in [0.25, 0.3) is 0 Å². The number of anilines is 2. The summed E-state index contributed by atoms with van der Waals surface area (Å²) >= 11 is 5.60. The van der Waals surface area contributed by atoms with E-state index in [-0.39, 0.29) is 21.6 Å². The van der Waals surface area contributed by atoms with E-state index in [0.29, 0.717) is 5.69 Å². The Morgan fingerprint density at radius 1 is 1.00 bits per heavy atom. The first-order valence-electron chi connectivity index (χ1n) is 7.33. The van der Waals surface area contributed by atoms with Crippen molar-refractivity contribution < 1.29 is 13.2 Å². The summed E-state index contributed by atoms with van der Waals surface area (Å²) in [6, 6.07) is 10.6. The number of halogens is 1. The van der Waals surface area contributed by atoms with Crippen LogP contribution in [0.5, 0.6) is 0 Å². The van der Waals surface area contributed by atoms with Crippen molar-refractivity contribution >= 4 is 39.0 Å². The molecule has 0 atom stereocenters. The van der Waals surface area contributed by atoms with Crippen molar-refractivity contribution in [3.63, 3.8) is 0 Å². The lowest BCUT2D eigenvalue weighted by Gasteiger charge is -2.08. The summed E-state index contributed by atoms with van der Waals surface area (Å²) in [7, 11) is -3.89. The highest BCUT2D eigenvalue weighted by molar-refractivity contribution is 7.92. The van der Waals surface area contributed by atoms with Gasteiger partial charge in [-0.2, -0.15) is 5.10 Å². The summed E-state index contributed by atoms with van der Waals surface area (Å²) in [5.41, 5.74) is -0.0773. The predicted molar refractivity (Wildman–Crippen MR) is 97.1 cm³/mol. The first-order valence-corrected chi connectivity index (χ1v) is 9.19. The van der Waals surface area contributed by atoms with E-state index >= 15 is 0 Å². The SMILES string of the molecule is O=C(Nc1ccc(S(=O)(=O)Nc2ccc(Cl)nn2)cc1)c1ccc(=O)[nH]n1. The minimum atomic E-state index is -3.89. The van der Waals surface area contributed by atoms with Crippen LogP contribution in [0.15, 0.2) is 58.2 Å². The van der Waals surface area contributed by atoms with Crippen LogP contribution in [0.4, 0.5) is 11.5 Å². The van der Waals surface area contributed by atoms with Gasteiger partial charge in [-0.15, -0.1) is 10.2 Å². The molecule has 0 saturated heterocycles. The Morgan fingerprint density at radius 3 is 2.33 bits per heavy atom. The average Bonchev–Trinajstić information content (AvgIpc) is 2.64. The lowest BCUT2D eigenvalue weighted by Crippen LogP contribution is -2.18. The number of rotatable bonds is 5. The number of nitrogens with one attached hydrogen (secondary N) is 3. The van der Waals surface area contributed by atoms with E-state index in [9.17, 15) is 18.0 Å². The van der Waals surface area contributed by atoms with Gasteiger partial charge in [0, 0.05) is 11.8 Å². The molecule has 1 aromatic carbocycles. The fourth-order valence-electron chi connectivity index (χ4n) is 1.95. The molecule has 27 heavy (non-hydrogen) atoms. The molecule has 2 heterocycles. The van der Waals surface area contributed by atoms with Crippen LogP contribution in [0.3, 0.4) is 0 Å². The minimum absolute atomic E-state index is 0.00859. The van der Waals surface area contributed by atoms with Crippen LogP contribution in [-0.2, 0) is 10.0 Å². The standard InChI is InChI=1S/C15H11ClN6O4S/c16-12-6-7-13(20-19-12)22-27(25,26)10-3-1-9(2-4-10)17-15(24)11-5-8-14(23)21-18-11/h1-8H,(H,17,24)(H,20,22)(H,21,23). The predicted octanol–water partition coefficient (Wildman–Crippen LogP) is 1.27. The summed E-state index contributed by atoms with van der Waals surface area (Å²) in [6.07, 6.45) is 0. The number of aromatic nitrogens is 4. The largest absolute Gasteiger partial charge is 0.321 e. The molecule has 3 N–H and O–H groups in total. The number of carbonyl (C=O) groups excluding carboxylic acids is 1. The summed E-state index contributed by atoms with van der Waals surface area (Å²) < 4.78 is 26.9. The normalized spacial score (nSPS) is 11.0. The minimum Gasteiger partial charge on any atom is -0.321 e. The number of aromatic amines is 1. The van der Waals surface area contributed by atoms with E-state index in [0.717, 1.165) is 0 Å². The van der Waals surface area contributed by atoms with E-state index in [2.05, 4.69) is 30.4 Å². The van der Waals surface area contributed by atoms with Crippen LogP contribution in [0, 0.1) is 0 Å². The Kier molecular flexibility index (Phi) is 5.14. The number of H-pyrrole nitrogens is 1. The molecule has 138 valence electrons. The molecule has 1 amide bonds. The summed E-state index contributed by atoms with van der Waals surface area (Å²) in [5.74, 6) is -0.544. The summed E-state index contributed by atoms with van der Waals surface area (Å²) in [5, 5.41) is 15.6. The summed E-state index contributed by atoms with van der Waals surface area (Å²) in [4.78, 5) is 22.9. The Labute approximate surface area is 157 Å². The van der Waals surface area contributed by atoms with Crippen LogP contribution in [0.1, 0.15) is 10.5 Å². The number of hydrogen-bond acceptors (Lipinski definition) is 7. The Hall–Kier alpha value is -3.31. The highest BCUT2D eigenvalue weighted by atomic mass is 35.5. The second-order valence-corrected chi connectivity index (χ2v) is 7.20. The van der Waals surface area contributed by atoms with Gasteiger partial charge in [0.1, 0.15) is 5.69 Å². The third kappa shape index (κ3) is 4.65. The lowest BCUT2D eigenvalue weighted by molar-refractivity contribution is 0.102. The average molecular weight is 407 g/mol. The maximum Gasteiger partial charge on any atom is 0.276 e. The molecule has 0 saturated carbocycles. The zero-order valence-corrected chi connectivity index (χ0v) is 15.0. The second kappa shape index (κ2) is 7.51. The van der Waals surface area contributed by atoms with E-state index in [1.807, 2.05) is 0 Å². The first kappa shape index (κ1) is 18.5. The number of benzene rings is 1. The van der Waals surface area contributed by atoms with Gasteiger partial charge in [-0.1, -0.05) is 11.6 Å². The van der Waals surface area contributed by atoms with Crippen LogP contribution in [0.2, 0.25) is 5.15 Å². The summed E-state index contributed by atoms with van der Waals surface area (Å²) in [6.45, 7) is 0. The van der Waals surface area contributed by atoms with Crippen molar-refractivity contribution in [1.29, 1.82) is 0 Å². The van der Waals surface area contributed by atoms with Crippen molar-refractivity contribution in [3.05, 3.63) is 69.7 Å². The maximum atomic E-state index is 12.3. The van der Waals surface area contributed by atoms with Gasteiger partial charge in [-0.3, -0.25) is 14.3 Å². The molecular weight excluding hydrogens is 396 g/mol. The molecule has 0 aliphatic heterocycles. The van der Waals surface area contributed by atoms with Gasteiger partial charge in [-0.25, -0.2) is 13.5 Å². The van der Waals surface area contributed by atoms with Gasteiger partial charge >= 0.3 is 0 Å². The Bertz CT molecular complexity index is 1110. The Morgan fingerprint density at radius 2 is 1.74 bits per heavy atom. The number of nitrogens with zero attached hydrogens (tertiary/aromatic N) is 3. The number of sulfonamides is 1. The molecule has 12 heteroatoms. The van der Waals surface area contributed by atoms with Gasteiger partial charge < -0.3 is 5.32 Å².